The van der Waals surface area contributed by atoms with E-state index in [0.717, 1.165) is 34.2 Å². The van der Waals surface area contributed by atoms with Gasteiger partial charge in [-0.2, -0.15) is 10.2 Å². The number of aryl methyl sites for hydroxylation is 2. The number of rotatable bonds is 3. The van der Waals surface area contributed by atoms with Crippen molar-refractivity contribution in [1.82, 2.24) is 9.97 Å². The summed E-state index contributed by atoms with van der Waals surface area (Å²) in [6, 6.07) is 11.7. The largest absolute Gasteiger partial charge is 0.252 e. The van der Waals surface area contributed by atoms with Crippen molar-refractivity contribution in [1.29, 1.82) is 0 Å². The fraction of sp³-hybridized carbons (Fsp3) is 0.250. The van der Waals surface area contributed by atoms with Crippen LogP contribution in [0.5, 0.6) is 0 Å². The SMILES string of the molecule is C/C(=N\N=C(/C)c1cccc(C)n1)c1cccc(C)n1. The Morgan fingerprint density at radius 2 is 1.15 bits per heavy atom. The van der Waals surface area contributed by atoms with Gasteiger partial charge in [0.05, 0.1) is 22.8 Å². The fourth-order valence-corrected chi connectivity index (χ4v) is 1.74. The summed E-state index contributed by atoms with van der Waals surface area (Å²) in [5, 5.41) is 8.49. The third-order valence-corrected chi connectivity index (χ3v) is 2.87. The molecule has 0 N–H and O–H groups in total. The van der Waals surface area contributed by atoms with Gasteiger partial charge < -0.3 is 0 Å². The van der Waals surface area contributed by atoms with Gasteiger partial charge in [-0.25, -0.2) is 0 Å². The Labute approximate surface area is 119 Å². The summed E-state index contributed by atoms with van der Waals surface area (Å²) < 4.78 is 0. The second-order valence-corrected chi connectivity index (χ2v) is 4.70. The highest BCUT2D eigenvalue weighted by Crippen LogP contribution is 2.03. The van der Waals surface area contributed by atoms with Crippen molar-refractivity contribution in [3.63, 3.8) is 0 Å². The molecule has 0 radical (unpaired) electrons. The molecular formula is C16H18N4. The minimum atomic E-state index is 0.792. The van der Waals surface area contributed by atoms with E-state index in [0.29, 0.717) is 0 Å². The van der Waals surface area contributed by atoms with E-state index >= 15 is 0 Å². The molecule has 0 aliphatic rings. The first-order valence-electron chi connectivity index (χ1n) is 6.53. The van der Waals surface area contributed by atoms with Crippen LogP contribution in [0, 0.1) is 13.8 Å². The second kappa shape index (κ2) is 6.19. The Kier molecular flexibility index (Phi) is 4.35. The zero-order chi connectivity index (χ0) is 14.5. The average molecular weight is 266 g/mol. The molecule has 2 heterocycles. The van der Waals surface area contributed by atoms with E-state index in [9.17, 15) is 0 Å². The zero-order valence-electron chi connectivity index (χ0n) is 12.3. The Morgan fingerprint density at radius 1 is 0.750 bits per heavy atom. The normalized spacial score (nSPS) is 12.6. The molecule has 20 heavy (non-hydrogen) atoms. The lowest BCUT2D eigenvalue weighted by molar-refractivity contribution is 1.13. The molecule has 4 heteroatoms. The van der Waals surface area contributed by atoms with Gasteiger partial charge in [0.1, 0.15) is 0 Å². The molecule has 2 aromatic rings. The van der Waals surface area contributed by atoms with E-state index in [2.05, 4.69) is 20.2 Å². The predicted octanol–water partition coefficient (Wildman–Crippen LogP) is 3.33. The van der Waals surface area contributed by atoms with Crippen molar-refractivity contribution in [2.45, 2.75) is 27.7 Å². The van der Waals surface area contributed by atoms with Gasteiger partial charge in [-0.15, -0.1) is 0 Å². The average Bonchev–Trinajstić information content (AvgIpc) is 2.44. The van der Waals surface area contributed by atoms with Crippen molar-refractivity contribution in [2.24, 2.45) is 10.2 Å². The first-order chi connectivity index (χ1) is 9.56. The lowest BCUT2D eigenvalue weighted by Gasteiger charge is -2.01. The third kappa shape index (κ3) is 3.57. The van der Waals surface area contributed by atoms with Crippen LogP contribution in [0.1, 0.15) is 36.6 Å². The molecule has 0 aliphatic heterocycles. The van der Waals surface area contributed by atoms with Gasteiger partial charge >= 0.3 is 0 Å². The van der Waals surface area contributed by atoms with Crippen molar-refractivity contribution in [3.8, 4) is 0 Å². The number of nitrogens with zero attached hydrogens (tertiary/aromatic N) is 4. The summed E-state index contributed by atoms with van der Waals surface area (Å²) in [4.78, 5) is 8.84. The lowest BCUT2D eigenvalue weighted by atomic mass is 10.2. The van der Waals surface area contributed by atoms with Crippen LogP contribution < -0.4 is 0 Å². The maximum Gasteiger partial charge on any atom is 0.0863 e. The molecule has 0 unspecified atom stereocenters. The molecular weight excluding hydrogens is 248 g/mol. The highest BCUT2D eigenvalue weighted by molar-refractivity contribution is 6.00. The van der Waals surface area contributed by atoms with Gasteiger partial charge in [0.25, 0.3) is 0 Å². The van der Waals surface area contributed by atoms with E-state index < -0.39 is 0 Å². The number of hydrogen-bond acceptors (Lipinski definition) is 4. The number of aromatic nitrogens is 2. The molecule has 2 rings (SSSR count). The molecule has 0 spiro atoms. The molecule has 0 saturated heterocycles. The Balaban J connectivity index is 2.24. The highest BCUT2D eigenvalue weighted by Gasteiger charge is 2.01. The van der Waals surface area contributed by atoms with Crippen LogP contribution in [0.15, 0.2) is 46.6 Å². The van der Waals surface area contributed by atoms with Crippen LogP contribution in [0.2, 0.25) is 0 Å². The second-order valence-electron chi connectivity index (χ2n) is 4.70. The molecule has 0 aromatic carbocycles. The maximum atomic E-state index is 4.42. The van der Waals surface area contributed by atoms with Gasteiger partial charge in [0, 0.05) is 11.4 Å². The smallest absolute Gasteiger partial charge is 0.0863 e. The molecule has 0 saturated carbocycles. The summed E-state index contributed by atoms with van der Waals surface area (Å²) in [5.74, 6) is 0. The molecule has 0 bridgehead atoms. The molecule has 0 amide bonds. The van der Waals surface area contributed by atoms with Crippen LogP contribution in [-0.2, 0) is 0 Å². The van der Waals surface area contributed by atoms with Crippen LogP contribution in [0.25, 0.3) is 0 Å². The fourth-order valence-electron chi connectivity index (χ4n) is 1.74. The Morgan fingerprint density at radius 3 is 1.50 bits per heavy atom. The van der Waals surface area contributed by atoms with E-state index in [-0.39, 0.29) is 0 Å². The summed E-state index contributed by atoms with van der Waals surface area (Å²) in [6.45, 7) is 7.73. The third-order valence-electron chi connectivity index (χ3n) is 2.87. The first kappa shape index (κ1) is 14.1. The van der Waals surface area contributed by atoms with Gasteiger partial charge in [-0.3, -0.25) is 9.97 Å². The lowest BCUT2D eigenvalue weighted by Crippen LogP contribution is -2.01. The highest BCUT2D eigenvalue weighted by atomic mass is 15.2. The monoisotopic (exact) mass is 266 g/mol. The standard InChI is InChI=1S/C16H18N4/c1-11-7-5-9-15(17-11)13(3)19-20-14(4)16-10-6-8-12(2)18-16/h5-10H,1-4H3/b19-13+,20-14+. The van der Waals surface area contributed by atoms with Crippen LogP contribution in [-0.4, -0.2) is 21.4 Å². The molecule has 0 fully saturated rings. The number of pyridine rings is 2. The number of hydrogen-bond donors (Lipinski definition) is 0. The van der Waals surface area contributed by atoms with E-state index in [1.807, 2.05) is 64.1 Å². The summed E-state index contributed by atoms with van der Waals surface area (Å²) in [5.41, 5.74) is 5.22. The summed E-state index contributed by atoms with van der Waals surface area (Å²) >= 11 is 0. The van der Waals surface area contributed by atoms with Crippen LogP contribution >= 0.6 is 0 Å². The van der Waals surface area contributed by atoms with E-state index in [1.54, 1.807) is 0 Å². The molecule has 4 nitrogen and oxygen atoms in total. The molecule has 0 aliphatic carbocycles. The maximum absolute atomic E-state index is 4.42. The summed E-state index contributed by atoms with van der Waals surface area (Å²) in [6.07, 6.45) is 0. The first-order valence-corrected chi connectivity index (χ1v) is 6.53. The van der Waals surface area contributed by atoms with E-state index in [4.69, 9.17) is 0 Å². The van der Waals surface area contributed by atoms with Crippen molar-refractivity contribution in [2.75, 3.05) is 0 Å². The van der Waals surface area contributed by atoms with Gasteiger partial charge in [-0.1, -0.05) is 12.1 Å². The van der Waals surface area contributed by atoms with Crippen LogP contribution in [0.4, 0.5) is 0 Å². The van der Waals surface area contributed by atoms with Gasteiger partial charge in [0.15, 0.2) is 0 Å². The Hall–Kier alpha value is -2.36. The van der Waals surface area contributed by atoms with Crippen molar-refractivity contribution in [3.05, 3.63) is 59.2 Å². The molecule has 0 atom stereocenters. The van der Waals surface area contributed by atoms with Gasteiger partial charge in [0.2, 0.25) is 0 Å². The minimum absolute atomic E-state index is 0.792. The zero-order valence-corrected chi connectivity index (χ0v) is 12.3. The van der Waals surface area contributed by atoms with Gasteiger partial charge in [-0.05, 0) is 52.0 Å². The predicted molar refractivity (Wildman–Crippen MR) is 82.4 cm³/mol. The Bertz CT molecular complexity index is 612. The topological polar surface area (TPSA) is 50.5 Å². The van der Waals surface area contributed by atoms with Crippen molar-refractivity contribution < 1.29 is 0 Å². The summed E-state index contributed by atoms with van der Waals surface area (Å²) in [7, 11) is 0. The van der Waals surface area contributed by atoms with Crippen LogP contribution in [0.3, 0.4) is 0 Å². The van der Waals surface area contributed by atoms with Crippen molar-refractivity contribution >= 4 is 11.4 Å². The van der Waals surface area contributed by atoms with E-state index in [1.165, 1.54) is 0 Å². The quantitative estimate of drug-likeness (QED) is 0.632. The minimum Gasteiger partial charge on any atom is -0.252 e. The molecule has 2 aromatic heterocycles. The molecule has 102 valence electrons.